The van der Waals surface area contributed by atoms with Crippen molar-refractivity contribution in [3.8, 4) is 67.3 Å². The number of hydrogen-bond donors (Lipinski definition) is 0. The fourth-order valence-electron chi connectivity index (χ4n) is 9.43. The van der Waals surface area contributed by atoms with Crippen LogP contribution >= 0.6 is 0 Å². The fraction of sp³-hybridized carbons (Fsp3) is 0.0357. The highest BCUT2D eigenvalue weighted by molar-refractivity contribution is 6.08. The monoisotopic (exact) mass is 738 g/mol. The minimum Gasteiger partial charge on any atom is -0.228 e. The molecule has 1 aliphatic carbocycles. The molecule has 58 heavy (non-hydrogen) atoms. The summed E-state index contributed by atoms with van der Waals surface area (Å²) >= 11 is 0. The molecule has 0 saturated carbocycles. The van der Waals surface area contributed by atoms with Crippen LogP contribution < -0.4 is 0 Å². The number of rotatable bonds is 6. The van der Waals surface area contributed by atoms with Gasteiger partial charge in [0.15, 0.2) is 5.82 Å². The molecule has 1 heterocycles. The van der Waals surface area contributed by atoms with E-state index in [0.29, 0.717) is 5.82 Å². The van der Waals surface area contributed by atoms with Gasteiger partial charge in [-0.3, -0.25) is 0 Å². The van der Waals surface area contributed by atoms with Crippen molar-refractivity contribution >= 4 is 21.5 Å². The zero-order valence-electron chi connectivity index (χ0n) is 32.1. The summed E-state index contributed by atoms with van der Waals surface area (Å²) in [5, 5.41) is 4.65. The van der Waals surface area contributed by atoms with Gasteiger partial charge in [0, 0.05) is 22.1 Å². The van der Waals surface area contributed by atoms with Crippen LogP contribution in [0.5, 0.6) is 0 Å². The SMILES string of the molecule is CC1(c2ccccc2)c2ccccc2-c2c(-c3ccc(-c4nc(-c5ccccc5)cc(-c5ccc(-c6ccccc6)c6ccccc56)n4)c4ccccc34)cccc21. The molecule has 0 radical (unpaired) electrons. The van der Waals surface area contributed by atoms with Crippen LogP contribution in [0.3, 0.4) is 0 Å². The van der Waals surface area contributed by atoms with Gasteiger partial charge in [0.2, 0.25) is 0 Å². The van der Waals surface area contributed by atoms with E-state index in [9.17, 15) is 0 Å². The van der Waals surface area contributed by atoms with Crippen LogP contribution in [-0.4, -0.2) is 9.97 Å². The third kappa shape index (κ3) is 5.33. The molecule has 10 aromatic rings. The van der Waals surface area contributed by atoms with E-state index in [1.807, 2.05) is 0 Å². The van der Waals surface area contributed by atoms with Gasteiger partial charge < -0.3 is 0 Å². The first kappa shape index (κ1) is 33.9. The average molecular weight is 739 g/mol. The molecule has 2 heteroatoms. The summed E-state index contributed by atoms with van der Waals surface area (Å²) in [6.07, 6.45) is 0. The van der Waals surface area contributed by atoms with Gasteiger partial charge in [0.25, 0.3) is 0 Å². The predicted molar refractivity (Wildman–Crippen MR) is 242 cm³/mol. The standard InChI is InChI=1S/C56H38N2/c1-56(39-22-9-4-10-23-39)50-30-16-15-28-49(50)54-47(29-17-31-51(54)56)45-33-35-48(44-27-14-12-25-42(44)45)55-57-52(38-20-7-3-8-21-38)36-53(58-55)46-34-32-40(37-18-5-2-6-19-37)41-24-11-13-26-43(41)46/h2-36H,1H3. The minimum atomic E-state index is -0.273. The Morgan fingerprint density at radius 3 is 1.53 bits per heavy atom. The molecule has 0 spiro atoms. The Kier molecular flexibility index (Phi) is 7.97. The third-order valence-corrected chi connectivity index (χ3v) is 12.2. The van der Waals surface area contributed by atoms with Crippen LogP contribution in [0.15, 0.2) is 212 Å². The van der Waals surface area contributed by atoms with Gasteiger partial charge in [0.1, 0.15) is 0 Å². The highest BCUT2D eigenvalue weighted by atomic mass is 14.9. The van der Waals surface area contributed by atoms with E-state index in [0.717, 1.165) is 38.9 Å². The molecule has 0 amide bonds. The molecular weight excluding hydrogens is 701 g/mol. The Morgan fingerprint density at radius 1 is 0.328 bits per heavy atom. The van der Waals surface area contributed by atoms with Crippen LogP contribution in [0, 0.1) is 0 Å². The van der Waals surface area contributed by atoms with Crippen molar-refractivity contribution in [2.24, 2.45) is 0 Å². The maximum atomic E-state index is 5.43. The van der Waals surface area contributed by atoms with Gasteiger partial charge in [-0.05, 0) is 90.7 Å². The Labute approximate surface area is 338 Å². The Hall–Kier alpha value is -7.42. The highest BCUT2D eigenvalue weighted by Gasteiger charge is 2.41. The molecule has 1 aliphatic rings. The smallest absolute Gasteiger partial charge is 0.161 e. The van der Waals surface area contributed by atoms with E-state index in [1.165, 1.54) is 60.8 Å². The lowest BCUT2D eigenvalue weighted by molar-refractivity contribution is 0.714. The van der Waals surface area contributed by atoms with E-state index in [2.05, 4.69) is 219 Å². The van der Waals surface area contributed by atoms with Crippen molar-refractivity contribution in [1.29, 1.82) is 0 Å². The maximum Gasteiger partial charge on any atom is 0.161 e. The first-order chi connectivity index (χ1) is 28.7. The predicted octanol–water partition coefficient (Wildman–Crippen LogP) is 14.5. The summed E-state index contributed by atoms with van der Waals surface area (Å²) in [7, 11) is 0. The van der Waals surface area contributed by atoms with Crippen LogP contribution in [-0.2, 0) is 5.41 Å². The summed E-state index contributed by atoms with van der Waals surface area (Å²) in [5.74, 6) is 0.704. The zero-order valence-corrected chi connectivity index (χ0v) is 32.1. The van der Waals surface area contributed by atoms with Crippen molar-refractivity contribution < 1.29 is 0 Å². The molecule has 0 aliphatic heterocycles. The van der Waals surface area contributed by atoms with E-state index < -0.39 is 0 Å². The quantitative estimate of drug-likeness (QED) is 0.170. The summed E-state index contributed by atoms with van der Waals surface area (Å²) in [6.45, 7) is 2.38. The first-order valence-electron chi connectivity index (χ1n) is 20.0. The summed E-state index contributed by atoms with van der Waals surface area (Å²) in [5.41, 5.74) is 16.1. The normalized spacial score (nSPS) is 14.4. The Morgan fingerprint density at radius 2 is 0.810 bits per heavy atom. The number of nitrogens with zero attached hydrogens (tertiary/aromatic N) is 2. The number of fused-ring (bicyclic) bond motifs is 5. The van der Waals surface area contributed by atoms with Gasteiger partial charge in [-0.2, -0.15) is 0 Å². The average Bonchev–Trinajstić information content (AvgIpc) is 3.57. The molecule has 2 nitrogen and oxygen atoms in total. The van der Waals surface area contributed by atoms with Crippen molar-refractivity contribution in [1.82, 2.24) is 9.97 Å². The topological polar surface area (TPSA) is 25.8 Å². The summed E-state index contributed by atoms with van der Waals surface area (Å²) in [4.78, 5) is 10.8. The Bertz CT molecular complexity index is 3170. The second kappa shape index (κ2) is 13.7. The second-order valence-corrected chi connectivity index (χ2v) is 15.4. The maximum absolute atomic E-state index is 5.43. The van der Waals surface area contributed by atoms with Gasteiger partial charge in [-0.25, -0.2) is 9.97 Å². The van der Waals surface area contributed by atoms with Crippen molar-refractivity contribution in [2.75, 3.05) is 0 Å². The van der Waals surface area contributed by atoms with Gasteiger partial charge in [-0.1, -0.05) is 200 Å². The molecule has 272 valence electrons. The van der Waals surface area contributed by atoms with Crippen molar-refractivity contribution in [3.05, 3.63) is 229 Å². The lowest BCUT2D eigenvalue weighted by Crippen LogP contribution is -2.22. The molecule has 1 atom stereocenters. The van der Waals surface area contributed by atoms with Crippen LogP contribution in [0.4, 0.5) is 0 Å². The third-order valence-electron chi connectivity index (χ3n) is 12.2. The Balaban J connectivity index is 1.12. The van der Waals surface area contributed by atoms with Crippen LogP contribution in [0.1, 0.15) is 23.6 Å². The second-order valence-electron chi connectivity index (χ2n) is 15.4. The van der Waals surface area contributed by atoms with Gasteiger partial charge >= 0.3 is 0 Å². The molecule has 0 fully saturated rings. The van der Waals surface area contributed by atoms with Gasteiger partial charge in [0.05, 0.1) is 11.4 Å². The van der Waals surface area contributed by atoms with E-state index >= 15 is 0 Å². The largest absolute Gasteiger partial charge is 0.228 e. The molecule has 9 aromatic carbocycles. The highest BCUT2D eigenvalue weighted by Crippen LogP contribution is 2.55. The van der Waals surface area contributed by atoms with Crippen molar-refractivity contribution in [2.45, 2.75) is 12.3 Å². The molecule has 0 N–H and O–H groups in total. The van der Waals surface area contributed by atoms with Gasteiger partial charge in [-0.15, -0.1) is 0 Å². The van der Waals surface area contributed by atoms with E-state index in [4.69, 9.17) is 9.97 Å². The lowest BCUT2D eigenvalue weighted by Gasteiger charge is -2.28. The number of aromatic nitrogens is 2. The summed E-state index contributed by atoms with van der Waals surface area (Å²) in [6, 6.07) is 76.4. The van der Waals surface area contributed by atoms with Crippen LogP contribution in [0.2, 0.25) is 0 Å². The molecule has 0 saturated heterocycles. The minimum absolute atomic E-state index is 0.273. The molecule has 11 rings (SSSR count). The molecular formula is C56H38N2. The van der Waals surface area contributed by atoms with E-state index in [-0.39, 0.29) is 5.41 Å². The molecule has 1 aromatic heterocycles. The number of benzene rings is 9. The molecule has 0 bridgehead atoms. The zero-order chi connectivity index (χ0) is 38.6. The fourth-order valence-corrected chi connectivity index (χ4v) is 9.43. The van der Waals surface area contributed by atoms with E-state index in [1.54, 1.807) is 0 Å². The van der Waals surface area contributed by atoms with Crippen molar-refractivity contribution in [3.63, 3.8) is 0 Å². The van der Waals surface area contributed by atoms with Crippen LogP contribution in [0.25, 0.3) is 88.8 Å². The number of hydrogen-bond acceptors (Lipinski definition) is 2. The lowest BCUT2D eigenvalue weighted by atomic mass is 9.74. The summed E-state index contributed by atoms with van der Waals surface area (Å²) < 4.78 is 0. The first-order valence-corrected chi connectivity index (χ1v) is 20.0. The molecule has 1 unspecified atom stereocenters.